The van der Waals surface area contributed by atoms with Crippen molar-refractivity contribution in [3.63, 3.8) is 0 Å². The number of hydrogen-bond donors (Lipinski definition) is 0. The smallest absolute Gasteiger partial charge is 0.170 e. The van der Waals surface area contributed by atoms with Gasteiger partial charge < -0.3 is 14.0 Å². The minimum atomic E-state index is 0.709. The molecule has 5 nitrogen and oxygen atoms in total. The SMILES string of the molecule is COc1cccc(-c2nc(CSc3nc4ccccc4n3C)cs2)c1OC. The molecule has 0 amide bonds. The lowest BCUT2D eigenvalue weighted by molar-refractivity contribution is 0.356. The fourth-order valence-electron chi connectivity index (χ4n) is 2.94. The van der Waals surface area contributed by atoms with E-state index >= 15 is 0 Å². The summed E-state index contributed by atoms with van der Waals surface area (Å²) >= 11 is 3.30. The Bertz CT molecular complexity index is 1090. The van der Waals surface area contributed by atoms with Gasteiger partial charge in [0.05, 0.1) is 36.5 Å². The lowest BCUT2D eigenvalue weighted by Gasteiger charge is -2.10. The number of benzene rings is 2. The molecule has 7 heteroatoms. The second-order valence-electron chi connectivity index (χ2n) is 5.92. The van der Waals surface area contributed by atoms with Crippen LogP contribution in [0.4, 0.5) is 0 Å². The Morgan fingerprint density at radius 1 is 1.04 bits per heavy atom. The summed E-state index contributed by atoms with van der Waals surface area (Å²) < 4.78 is 13.0. The average molecular weight is 398 g/mol. The van der Waals surface area contributed by atoms with Crippen molar-refractivity contribution in [2.45, 2.75) is 10.9 Å². The Labute approximate surface area is 166 Å². The predicted molar refractivity (Wildman–Crippen MR) is 111 cm³/mol. The van der Waals surface area contributed by atoms with Crippen LogP contribution in [0.15, 0.2) is 53.0 Å². The highest BCUT2D eigenvalue weighted by Gasteiger charge is 2.15. The number of thiazole rings is 1. The average Bonchev–Trinajstić information content (AvgIpc) is 3.30. The van der Waals surface area contributed by atoms with E-state index in [1.54, 1.807) is 37.3 Å². The summed E-state index contributed by atoms with van der Waals surface area (Å²) in [6, 6.07) is 14.0. The number of methoxy groups -OCH3 is 2. The molecular formula is C20H19N3O2S2. The first-order valence-corrected chi connectivity index (χ1v) is 10.3. The van der Waals surface area contributed by atoms with Gasteiger partial charge in [-0.25, -0.2) is 9.97 Å². The normalized spacial score (nSPS) is 11.1. The van der Waals surface area contributed by atoms with Crippen LogP contribution in [0.25, 0.3) is 21.6 Å². The van der Waals surface area contributed by atoms with Crippen molar-refractivity contribution in [2.75, 3.05) is 14.2 Å². The van der Waals surface area contributed by atoms with Gasteiger partial charge in [-0.05, 0) is 24.3 Å². The van der Waals surface area contributed by atoms with Crippen LogP contribution in [0, 0.1) is 0 Å². The fraction of sp³-hybridized carbons (Fsp3) is 0.200. The van der Waals surface area contributed by atoms with E-state index in [0.717, 1.165) is 38.2 Å². The summed E-state index contributed by atoms with van der Waals surface area (Å²) in [4.78, 5) is 9.50. The molecule has 0 fully saturated rings. The Morgan fingerprint density at radius 3 is 2.67 bits per heavy atom. The molecule has 2 heterocycles. The summed E-state index contributed by atoms with van der Waals surface area (Å²) in [5.41, 5.74) is 4.13. The van der Waals surface area contributed by atoms with Crippen molar-refractivity contribution in [3.8, 4) is 22.1 Å². The van der Waals surface area contributed by atoms with Crippen LogP contribution in [0.2, 0.25) is 0 Å². The van der Waals surface area contributed by atoms with Crippen molar-refractivity contribution in [1.82, 2.24) is 14.5 Å². The summed E-state index contributed by atoms with van der Waals surface area (Å²) in [5.74, 6) is 2.18. The van der Waals surface area contributed by atoms with E-state index in [1.807, 2.05) is 43.4 Å². The number of ether oxygens (including phenoxy) is 2. The highest BCUT2D eigenvalue weighted by atomic mass is 32.2. The quantitative estimate of drug-likeness (QED) is 0.428. The second kappa shape index (κ2) is 7.62. The van der Waals surface area contributed by atoms with Gasteiger partial charge in [0.15, 0.2) is 16.7 Å². The van der Waals surface area contributed by atoms with Crippen LogP contribution >= 0.6 is 23.1 Å². The predicted octanol–water partition coefficient (Wildman–Crippen LogP) is 5.01. The molecule has 4 aromatic rings. The van der Waals surface area contributed by atoms with Crippen LogP contribution in [-0.2, 0) is 12.8 Å². The molecule has 0 saturated heterocycles. The van der Waals surface area contributed by atoms with Crippen LogP contribution in [0.5, 0.6) is 11.5 Å². The van der Waals surface area contributed by atoms with Gasteiger partial charge in [0.2, 0.25) is 0 Å². The zero-order valence-electron chi connectivity index (χ0n) is 15.3. The third-order valence-corrected chi connectivity index (χ3v) is 6.27. The molecular weight excluding hydrogens is 378 g/mol. The maximum atomic E-state index is 5.53. The molecule has 0 bridgehead atoms. The van der Waals surface area contributed by atoms with Crippen molar-refractivity contribution < 1.29 is 9.47 Å². The van der Waals surface area contributed by atoms with Gasteiger partial charge in [-0.3, -0.25) is 0 Å². The fourth-order valence-corrected chi connectivity index (χ4v) is 4.77. The highest BCUT2D eigenvalue weighted by Crippen LogP contribution is 2.39. The molecule has 27 heavy (non-hydrogen) atoms. The molecule has 0 aliphatic heterocycles. The Balaban J connectivity index is 1.56. The Kier molecular flexibility index (Phi) is 5.05. The van der Waals surface area contributed by atoms with Crippen molar-refractivity contribution in [2.24, 2.45) is 7.05 Å². The van der Waals surface area contributed by atoms with E-state index in [-0.39, 0.29) is 0 Å². The first-order chi connectivity index (χ1) is 13.2. The Hall–Kier alpha value is -2.51. The molecule has 0 N–H and O–H groups in total. The maximum Gasteiger partial charge on any atom is 0.170 e. The number of nitrogens with zero attached hydrogens (tertiary/aromatic N) is 3. The zero-order chi connectivity index (χ0) is 18.8. The summed E-state index contributed by atoms with van der Waals surface area (Å²) in [6.45, 7) is 0. The molecule has 0 atom stereocenters. The van der Waals surface area contributed by atoms with E-state index in [4.69, 9.17) is 19.4 Å². The molecule has 138 valence electrons. The number of para-hydroxylation sites is 3. The number of aromatic nitrogens is 3. The minimum Gasteiger partial charge on any atom is -0.493 e. The molecule has 0 spiro atoms. The van der Waals surface area contributed by atoms with E-state index < -0.39 is 0 Å². The van der Waals surface area contributed by atoms with Gasteiger partial charge in [0, 0.05) is 18.2 Å². The zero-order valence-corrected chi connectivity index (χ0v) is 16.9. The third kappa shape index (κ3) is 3.40. The lowest BCUT2D eigenvalue weighted by Crippen LogP contribution is -1.93. The van der Waals surface area contributed by atoms with Crippen LogP contribution in [-0.4, -0.2) is 28.8 Å². The van der Waals surface area contributed by atoms with E-state index in [1.165, 1.54) is 0 Å². The molecule has 2 aromatic heterocycles. The standard InChI is InChI=1S/C20H19N3O2S2/c1-23-16-9-5-4-8-15(16)22-20(23)27-12-13-11-26-19(21-13)14-7-6-10-17(24-2)18(14)25-3/h4-11H,12H2,1-3H3. The van der Waals surface area contributed by atoms with E-state index in [0.29, 0.717) is 11.5 Å². The number of imidazole rings is 1. The van der Waals surface area contributed by atoms with Crippen molar-refractivity contribution in [1.29, 1.82) is 0 Å². The summed E-state index contributed by atoms with van der Waals surface area (Å²) in [7, 11) is 5.34. The first kappa shape index (κ1) is 17.9. The van der Waals surface area contributed by atoms with Gasteiger partial charge in [-0.1, -0.05) is 30.0 Å². The molecule has 2 aromatic carbocycles. The second-order valence-corrected chi connectivity index (χ2v) is 7.72. The van der Waals surface area contributed by atoms with Crippen LogP contribution < -0.4 is 9.47 Å². The van der Waals surface area contributed by atoms with Crippen LogP contribution in [0.1, 0.15) is 5.69 Å². The monoisotopic (exact) mass is 397 g/mol. The molecule has 0 aliphatic carbocycles. The van der Waals surface area contributed by atoms with Crippen LogP contribution in [0.3, 0.4) is 0 Å². The molecule has 0 saturated carbocycles. The minimum absolute atomic E-state index is 0.709. The van der Waals surface area contributed by atoms with E-state index in [2.05, 4.69) is 16.0 Å². The largest absolute Gasteiger partial charge is 0.493 e. The maximum absolute atomic E-state index is 5.53. The third-order valence-electron chi connectivity index (χ3n) is 4.28. The first-order valence-electron chi connectivity index (χ1n) is 8.41. The molecule has 0 aliphatic rings. The van der Waals surface area contributed by atoms with Gasteiger partial charge in [0.1, 0.15) is 5.01 Å². The number of hydrogen-bond acceptors (Lipinski definition) is 6. The topological polar surface area (TPSA) is 49.2 Å². The Morgan fingerprint density at radius 2 is 1.89 bits per heavy atom. The summed E-state index contributed by atoms with van der Waals surface area (Å²) in [5, 5.41) is 4.00. The van der Waals surface area contributed by atoms with Crippen molar-refractivity contribution >= 4 is 34.1 Å². The van der Waals surface area contributed by atoms with Gasteiger partial charge in [-0.2, -0.15) is 0 Å². The molecule has 0 radical (unpaired) electrons. The van der Waals surface area contributed by atoms with Gasteiger partial charge in [0.25, 0.3) is 0 Å². The van der Waals surface area contributed by atoms with Crippen molar-refractivity contribution in [3.05, 3.63) is 53.5 Å². The summed E-state index contributed by atoms with van der Waals surface area (Å²) in [6.07, 6.45) is 0. The van der Waals surface area contributed by atoms with Gasteiger partial charge >= 0.3 is 0 Å². The van der Waals surface area contributed by atoms with Gasteiger partial charge in [-0.15, -0.1) is 11.3 Å². The number of fused-ring (bicyclic) bond motifs is 1. The molecule has 4 rings (SSSR count). The number of aryl methyl sites for hydroxylation is 1. The number of rotatable bonds is 6. The van der Waals surface area contributed by atoms with E-state index in [9.17, 15) is 0 Å². The molecule has 0 unspecified atom stereocenters. The highest BCUT2D eigenvalue weighted by molar-refractivity contribution is 7.98. The lowest BCUT2D eigenvalue weighted by atomic mass is 10.2. The number of thioether (sulfide) groups is 1.